The summed E-state index contributed by atoms with van der Waals surface area (Å²) in [4.78, 5) is 11.5. The van der Waals surface area contributed by atoms with Crippen LogP contribution in [0.1, 0.15) is 52.4 Å². The molecule has 0 rings (SSSR count). The van der Waals surface area contributed by atoms with Gasteiger partial charge in [0.2, 0.25) is 17.4 Å². The molecule has 0 heterocycles. The van der Waals surface area contributed by atoms with E-state index < -0.39 is 17.4 Å². The van der Waals surface area contributed by atoms with Gasteiger partial charge in [0.1, 0.15) is 0 Å². The summed E-state index contributed by atoms with van der Waals surface area (Å²) >= 11 is 0. The molecule has 0 aromatic rings. The average molecular weight is 234 g/mol. The monoisotopic (exact) mass is 234 g/mol. The molecule has 0 aromatic carbocycles. The third kappa shape index (κ3) is 4.57. The van der Waals surface area contributed by atoms with Gasteiger partial charge < -0.3 is 20.4 Å². The van der Waals surface area contributed by atoms with Crippen molar-refractivity contribution >= 4 is 5.78 Å². The van der Waals surface area contributed by atoms with Crippen LogP contribution in [-0.2, 0) is 4.79 Å². The molecule has 4 N–H and O–H groups in total. The predicted molar refractivity (Wildman–Crippen MR) is 58.4 cm³/mol. The molecule has 0 saturated heterocycles. The lowest BCUT2D eigenvalue weighted by Crippen LogP contribution is -2.53. The number of carbonyl (C=O) groups is 1. The Morgan fingerprint density at radius 2 is 1.19 bits per heavy atom. The molecule has 0 aliphatic rings. The van der Waals surface area contributed by atoms with Crippen LogP contribution in [0.5, 0.6) is 0 Å². The maximum atomic E-state index is 11.5. The molecule has 5 heteroatoms. The first-order valence-electron chi connectivity index (χ1n) is 5.72. The first-order valence-corrected chi connectivity index (χ1v) is 5.72. The van der Waals surface area contributed by atoms with Gasteiger partial charge >= 0.3 is 0 Å². The maximum Gasteiger partial charge on any atom is 0.249 e. The molecule has 0 unspecified atom stereocenters. The molecule has 0 aliphatic heterocycles. The van der Waals surface area contributed by atoms with Crippen molar-refractivity contribution in [3.8, 4) is 0 Å². The van der Waals surface area contributed by atoms with E-state index >= 15 is 0 Å². The van der Waals surface area contributed by atoms with E-state index in [-0.39, 0.29) is 12.8 Å². The van der Waals surface area contributed by atoms with Crippen molar-refractivity contribution < 1.29 is 25.2 Å². The van der Waals surface area contributed by atoms with E-state index in [4.69, 9.17) is 0 Å². The Kier molecular flexibility index (Phi) is 6.10. The summed E-state index contributed by atoms with van der Waals surface area (Å²) in [6.07, 6.45) is 1.88. The van der Waals surface area contributed by atoms with E-state index in [0.29, 0.717) is 25.7 Å². The van der Waals surface area contributed by atoms with Crippen LogP contribution in [0.25, 0.3) is 0 Å². The van der Waals surface area contributed by atoms with Crippen molar-refractivity contribution in [3.63, 3.8) is 0 Å². The zero-order valence-electron chi connectivity index (χ0n) is 9.94. The molecule has 0 spiro atoms. The summed E-state index contributed by atoms with van der Waals surface area (Å²) in [7, 11) is 0. The average Bonchev–Trinajstić information content (AvgIpc) is 2.22. The van der Waals surface area contributed by atoms with Crippen molar-refractivity contribution in [2.45, 2.75) is 63.9 Å². The van der Waals surface area contributed by atoms with Crippen LogP contribution in [0.4, 0.5) is 0 Å². The summed E-state index contributed by atoms with van der Waals surface area (Å²) in [5.74, 6) is -6.62. The number of ketones is 1. The van der Waals surface area contributed by atoms with Crippen LogP contribution in [0, 0.1) is 0 Å². The Bertz CT molecular complexity index is 200. The molecular weight excluding hydrogens is 212 g/mol. The number of carbonyl (C=O) groups excluding carboxylic acids is 1. The molecule has 0 radical (unpaired) electrons. The minimum atomic E-state index is -2.65. The molecule has 16 heavy (non-hydrogen) atoms. The molecule has 0 atom stereocenters. The first kappa shape index (κ1) is 15.5. The number of hydrogen-bond donors (Lipinski definition) is 4. The molecule has 0 bridgehead atoms. The topological polar surface area (TPSA) is 98.0 Å². The normalized spacial score (nSPS) is 12.9. The lowest BCUT2D eigenvalue weighted by atomic mass is 9.94. The van der Waals surface area contributed by atoms with Gasteiger partial charge in [0, 0.05) is 12.8 Å². The molecule has 0 fully saturated rings. The van der Waals surface area contributed by atoms with Gasteiger partial charge in [0.05, 0.1) is 0 Å². The van der Waals surface area contributed by atoms with Crippen LogP contribution in [-0.4, -0.2) is 37.8 Å². The summed E-state index contributed by atoms with van der Waals surface area (Å²) in [5, 5.41) is 37.7. The smallest absolute Gasteiger partial charge is 0.249 e. The number of unbranched alkanes of at least 4 members (excludes halogenated alkanes) is 2. The van der Waals surface area contributed by atoms with Gasteiger partial charge in [-0.15, -0.1) is 0 Å². The lowest BCUT2D eigenvalue weighted by molar-refractivity contribution is -0.234. The van der Waals surface area contributed by atoms with Crippen molar-refractivity contribution in [2.24, 2.45) is 0 Å². The van der Waals surface area contributed by atoms with Crippen LogP contribution in [0.2, 0.25) is 0 Å². The van der Waals surface area contributed by atoms with Gasteiger partial charge in [0.15, 0.2) is 0 Å². The molecule has 0 amide bonds. The van der Waals surface area contributed by atoms with Crippen LogP contribution in [0.15, 0.2) is 0 Å². The van der Waals surface area contributed by atoms with Gasteiger partial charge in [-0.3, -0.25) is 4.79 Å². The molecule has 0 aliphatic carbocycles. The molecular formula is C11H22O5. The van der Waals surface area contributed by atoms with Gasteiger partial charge in [0.25, 0.3) is 0 Å². The second-order valence-electron chi connectivity index (χ2n) is 4.17. The van der Waals surface area contributed by atoms with E-state index in [1.807, 2.05) is 13.8 Å². The number of hydrogen-bond acceptors (Lipinski definition) is 5. The zero-order valence-corrected chi connectivity index (χ0v) is 9.94. The highest BCUT2D eigenvalue weighted by atomic mass is 16.5. The zero-order chi connectivity index (χ0) is 12.8. The van der Waals surface area contributed by atoms with E-state index in [0.717, 1.165) is 0 Å². The third-order valence-electron chi connectivity index (χ3n) is 2.49. The van der Waals surface area contributed by atoms with E-state index in [9.17, 15) is 25.2 Å². The highest BCUT2D eigenvalue weighted by Gasteiger charge is 2.45. The van der Waals surface area contributed by atoms with Crippen LogP contribution in [0.3, 0.4) is 0 Å². The van der Waals surface area contributed by atoms with Gasteiger partial charge in [-0.05, 0) is 12.8 Å². The van der Waals surface area contributed by atoms with Crippen molar-refractivity contribution in [1.29, 1.82) is 0 Å². The first-order chi connectivity index (χ1) is 7.28. The molecule has 5 nitrogen and oxygen atoms in total. The Hall–Kier alpha value is -0.490. The van der Waals surface area contributed by atoms with Gasteiger partial charge in [-0.2, -0.15) is 0 Å². The molecule has 0 saturated carbocycles. The molecule has 96 valence electrons. The largest absolute Gasteiger partial charge is 0.360 e. The maximum absolute atomic E-state index is 11.5. The minimum Gasteiger partial charge on any atom is -0.360 e. The fourth-order valence-electron chi connectivity index (χ4n) is 1.39. The lowest BCUT2D eigenvalue weighted by Gasteiger charge is -2.28. The second-order valence-corrected chi connectivity index (χ2v) is 4.17. The third-order valence-corrected chi connectivity index (χ3v) is 2.49. The van der Waals surface area contributed by atoms with E-state index in [1.54, 1.807) is 0 Å². The van der Waals surface area contributed by atoms with Crippen molar-refractivity contribution in [3.05, 3.63) is 0 Å². The SMILES string of the molecule is CCCCC(O)(O)C(=O)C(O)(O)CCCC. The fourth-order valence-corrected chi connectivity index (χ4v) is 1.39. The van der Waals surface area contributed by atoms with E-state index in [1.165, 1.54) is 0 Å². The summed E-state index contributed by atoms with van der Waals surface area (Å²) in [6, 6.07) is 0. The highest BCUT2D eigenvalue weighted by Crippen LogP contribution is 2.22. The molecule has 0 aromatic heterocycles. The fraction of sp³-hybridized carbons (Fsp3) is 0.909. The summed E-state index contributed by atoms with van der Waals surface area (Å²) < 4.78 is 0. The van der Waals surface area contributed by atoms with Gasteiger partial charge in [-0.1, -0.05) is 26.7 Å². The standard InChI is InChI=1S/C11H22O5/c1-3-5-7-10(13,14)9(12)11(15,16)8-6-4-2/h13-16H,3-8H2,1-2H3. The van der Waals surface area contributed by atoms with Crippen LogP contribution >= 0.6 is 0 Å². The number of Topliss-reactive ketones (excluding diaryl/α,β-unsaturated/α-hetero) is 1. The minimum absolute atomic E-state index is 0.183. The Balaban J connectivity index is 4.49. The summed E-state index contributed by atoms with van der Waals surface area (Å²) in [5.41, 5.74) is 0. The van der Waals surface area contributed by atoms with Crippen molar-refractivity contribution in [2.75, 3.05) is 0 Å². The quantitative estimate of drug-likeness (QED) is 0.453. The Morgan fingerprint density at radius 3 is 1.44 bits per heavy atom. The summed E-state index contributed by atoms with van der Waals surface area (Å²) in [6.45, 7) is 3.67. The number of aliphatic hydroxyl groups is 4. The number of rotatable bonds is 8. The van der Waals surface area contributed by atoms with E-state index in [2.05, 4.69) is 0 Å². The second kappa shape index (κ2) is 6.30. The van der Waals surface area contributed by atoms with Gasteiger partial charge in [-0.25, -0.2) is 0 Å². The predicted octanol–water partition coefficient (Wildman–Crippen LogP) is 0.298. The highest BCUT2D eigenvalue weighted by molar-refractivity contribution is 5.91. The van der Waals surface area contributed by atoms with Crippen LogP contribution < -0.4 is 0 Å². The van der Waals surface area contributed by atoms with Crippen molar-refractivity contribution in [1.82, 2.24) is 0 Å². The Labute approximate surface area is 95.7 Å². The Morgan fingerprint density at radius 1 is 0.875 bits per heavy atom.